The fourth-order valence-electron chi connectivity index (χ4n) is 2.85. The minimum atomic E-state index is -0.0737. The zero-order valence-corrected chi connectivity index (χ0v) is 14.7. The highest BCUT2D eigenvalue weighted by molar-refractivity contribution is 5.91. The molecule has 0 spiro atoms. The molecule has 0 aliphatic carbocycles. The number of nitrogens with zero attached hydrogens (tertiary/aromatic N) is 1. The zero-order valence-electron chi connectivity index (χ0n) is 14.7. The van der Waals surface area contributed by atoms with E-state index in [9.17, 15) is 4.79 Å². The molecule has 1 saturated heterocycles. The Morgan fingerprint density at radius 1 is 1.12 bits per heavy atom. The lowest BCUT2D eigenvalue weighted by Crippen LogP contribution is -2.33. The molecule has 1 N–H and O–H groups in total. The van der Waals surface area contributed by atoms with Gasteiger partial charge in [0.2, 0.25) is 5.91 Å². The Morgan fingerprint density at radius 3 is 2.42 bits per heavy atom. The van der Waals surface area contributed by atoms with Gasteiger partial charge in [-0.3, -0.25) is 4.79 Å². The first-order valence-corrected chi connectivity index (χ1v) is 8.62. The predicted octanol–water partition coefficient (Wildman–Crippen LogP) is 2.71. The SMILES string of the molecule is COc1cc(/C=C/C(=O)NCCCN2CCCCC2)cc(OC)c1. The lowest BCUT2D eigenvalue weighted by molar-refractivity contribution is -0.116. The van der Waals surface area contributed by atoms with E-state index in [0.29, 0.717) is 18.0 Å². The van der Waals surface area contributed by atoms with E-state index >= 15 is 0 Å². The van der Waals surface area contributed by atoms with E-state index in [-0.39, 0.29) is 5.91 Å². The maximum Gasteiger partial charge on any atom is 0.243 e. The highest BCUT2D eigenvalue weighted by Gasteiger charge is 2.09. The number of hydrogen-bond donors (Lipinski definition) is 1. The van der Waals surface area contributed by atoms with Crippen LogP contribution in [0.4, 0.5) is 0 Å². The van der Waals surface area contributed by atoms with Crippen molar-refractivity contribution in [2.24, 2.45) is 0 Å². The Morgan fingerprint density at radius 2 is 1.79 bits per heavy atom. The van der Waals surface area contributed by atoms with Crippen molar-refractivity contribution in [3.63, 3.8) is 0 Å². The number of hydrogen-bond acceptors (Lipinski definition) is 4. The number of rotatable bonds is 8. The van der Waals surface area contributed by atoms with Gasteiger partial charge in [-0.25, -0.2) is 0 Å². The van der Waals surface area contributed by atoms with Crippen molar-refractivity contribution >= 4 is 12.0 Å². The number of nitrogens with one attached hydrogen (secondary N) is 1. The van der Waals surface area contributed by atoms with Crippen LogP contribution in [-0.2, 0) is 4.79 Å². The summed E-state index contributed by atoms with van der Waals surface area (Å²) in [7, 11) is 3.22. The summed E-state index contributed by atoms with van der Waals surface area (Å²) < 4.78 is 10.4. The second-order valence-corrected chi connectivity index (χ2v) is 6.03. The molecule has 5 nitrogen and oxygen atoms in total. The molecular formula is C19H28N2O3. The van der Waals surface area contributed by atoms with Gasteiger partial charge in [0.1, 0.15) is 11.5 Å². The number of methoxy groups -OCH3 is 2. The third-order valence-electron chi connectivity index (χ3n) is 4.20. The van der Waals surface area contributed by atoms with Crippen LogP contribution >= 0.6 is 0 Å². The first kappa shape index (κ1) is 18.3. The summed E-state index contributed by atoms with van der Waals surface area (Å²) in [5.41, 5.74) is 0.870. The molecule has 1 aromatic carbocycles. The van der Waals surface area contributed by atoms with Crippen LogP contribution in [0.25, 0.3) is 6.08 Å². The third kappa shape index (κ3) is 6.24. The molecule has 1 fully saturated rings. The molecule has 1 aromatic rings. The molecule has 0 aromatic heterocycles. The zero-order chi connectivity index (χ0) is 17.2. The maximum atomic E-state index is 11.9. The van der Waals surface area contributed by atoms with Crippen LogP contribution in [0.1, 0.15) is 31.2 Å². The van der Waals surface area contributed by atoms with Crippen LogP contribution in [0.2, 0.25) is 0 Å². The van der Waals surface area contributed by atoms with E-state index in [0.717, 1.165) is 18.5 Å². The summed E-state index contributed by atoms with van der Waals surface area (Å²) in [5, 5.41) is 2.93. The van der Waals surface area contributed by atoms with Crippen molar-refractivity contribution in [1.29, 1.82) is 0 Å². The van der Waals surface area contributed by atoms with Crippen molar-refractivity contribution in [3.8, 4) is 11.5 Å². The van der Waals surface area contributed by atoms with Crippen LogP contribution < -0.4 is 14.8 Å². The second-order valence-electron chi connectivity index (χ2n) is 6.03. The summed E-state index contributed by atoms with van der Waals surface area (Å²) in [6.45, 7) is 4.18. The molecule has 1 amide bonds. The van der Waals surface area contributed by atoms with Gasteiger partial charge in [0.25, 0.3) is 0 Å². The van der Waals surface area contributed by atoms with Crippen molar-refractivity contribution in [3.05, 3.63) is 29.8 Å². The summed E-state index contributed by atoms with van der Waals surface area (Å²) >= 11 is 0. The predicted molar refractivity (Wildman–Crippen MR) is 96.5 cm³/mol. The molecule has 0 unspecified atom stereocenters. The van der Waals surface area contributed by atoms with Gasteiger partial charge in [-0.05, 0) is 62.7 Å². The number of amides is 1. The largest absolute Gasteiger partial charge is 0.497 e. The molecular weight excluding hydrogens is 304 g/mol. The van der Waals surface area contributed by atoms with E-state index in [1.54, 1.807) is 32.4 Å². The third-order valence-corrected chi connectivity index (χ3v) is 4.20. The van der Waals surface area contributed by atoms with E-state index in [1.807, 2.05) is 12.1 Å². The maximum absolute atomic E-state index is 11.9. The molecule has 1 heterocycles. The van der Waals surface area contributed by atoms with E-state index in [4.69, 9.17) is 9.47 Å². The first-order valence-electron chi connectivity index (χ1n) is 8.62. The average Bonchev–Trinajstić information content (AvgIpc) is 2.64. The lowest BCUT2D eigenvalue weighted by Gasteiger charge is -2.26. The van der Waals surface area contributed by atoms with Gasteiger partial charge in [-0.15, -0.1) is 0 Å². The summed E-state index contributed by atoms with van der Waals surface area (Å²) in [5.74, 6) is 1.34. The molecule has 24 heavy (non-hydrogen) atoms. The Balaban J connectivity index is 1.74. The fourth-order valence-corrected chi connectivity index (χ4v) is 2.85. The van der Waals surface area contributed by atoms with Gasteiger partial charge >= 0.3 is 0 Å². The Labute approximate surface area is 144 Å². The second kappa shape index (κ2) is 9.98. The number of carbonyl (C=O) groups excluding carboxylic acids is 1. The molecule has 0 bridgehead atoms. The van der Waals surface area contributed by atoms with E-state index in [1.165, 1.54) is 32.4 Å². The summed E-state index contributed by atoms with van der Waals surface area (Å²) in [4.78, 5) is 14.4. The van der Waals surface area contributed by atoms with Crippen LogP contribution in [0.5, 0.6) is 11.5 Å². The average molecular weight is 332 g/mol. The van der Waals surface area contributed by atoms with Crippen LogP contribution in [0, 0.1) is 0 Å². The molecule has 0 saturated carbocycles. The van der Waals surface area contributed by atoms with Crippen molar-refractivity contribution in [1.82, 2.24) is 10.2 Å². The van der Waals surface area contributed by atoms with Crippen LogP contribution in [-0.4, -0.2) is 51.2 Å². The molecule has 5 heteroatoms. The quantitative estimate of drug-likeness (QED) is 0.587. The van der Waals surface area contributed by atoms with Crippen LogP contribution in [0.3, 0.4) is 0 Å². The number of ether oxygens (including phenoxy) is 2. The van der Waals surface area contributed by atoms with E-state index in [2.05, 4.69) is 10.2 Å². The Hall–Kier alpha value is -2.01. The Kier molecular flexibility index (Phi) is 7.62. The molecule has 1 aliphatic rings. The minimum Gasteiger partial charge on any atom is -0.497 e. The van der Waals surface area contributed by atoms with Crippen molar-refractivity contribution in [2.45, 2.75) is 25.7 Å². The number of benzene rings is 1. The Bertz CT molecular complexity index is 529. The molecule has 0 radical (unpaired) electrons. The summed E-state index contributed by atoms with van der Waals surface area (Å²) in [6.07, 6.45) is 8.28. The van der Waals surface area contributed by atoms with Gasteiger partial charge in [0, 0.05) is 18.7 Å². The molecule has 2 rings (SSSR count). The van der Waals surface area contributed by atoms with Gasteiger partial charge in [-0.1, -0.05) is 6.42 Å². The lowest BCUT2D eigenvalue weighted by atomic mass is 10.1. The summed E-state index contributed by atoms with van der Waals surface area (Å²) in [6, 6.07) is 5.53. The van der Waals surface area contributed by atoms with Crippen LogP contribution in [0.15, 0.2) is 24.3 Å². The smallest absolute Gasteiger partial charge is 0.243 e. The highest BCUT2D eigenvalue weighted by atomic mass is 16.5. The normalized spacial score (nSPS) is 15.4. The first-order chi connectivity index (χ1) is 11.7. The minimum absolute atomic E-state index is 0.0737. The fraction of sp³-hybridized carbons (Fsp3) is 0.526. The molecule has 0 atom stereocenters. The van der Waals surface area contributed by atoms with E-state index < -0.39 is 0 Å². The monoisotopic (exact) mass is 332 g/mol. The number of likely N-dealkylation sites (tertiary alicyclic amines) is 1. The number of carbonyl (C=O) groups is 1. The molecule has 132 valence electrons. The van der Waals surface area contributed by atoms with Crippen molar-refractivity contribution in [2.75, 3.05) is 40.4 Å². The van der Waals surface area contributed by atoms with Gasteiger partial charge in [-0.2, -0.15) is 0 Å². The van der Waals surface area contributed by atoms with Gasteiger partial charge in [0.15, 0.2) is 0 Å². The topological polar surface area (TPSA) is 50.8 Å². The highest BCUT2D eigenvalue weighted by Crippen LogP contribution is 2.23. The molecule has 1 aliphatic heterocycles. The van der Waals surface area contributed by atoms with Crippen molar-refractivity contribution < 1.29 is 14.3 Å². The van der Waals surface area contributed by atoms with Gasteiger partial charge < -0.3 is 19.7 Å². The number of piperidine rings is 1. The van der Waals surface area contributed by atoms with Gasteiger partial charge in [0.05, 0.1) is 14.2 Å². The standard InChI is InChI=1S/C19H28N2O3/c1-23-17-13-16(14-18(15-17)24-2)7-8-19(22)20-9-6-12-21-10-4-3-5-11-21/h7-8,13-15H,3-6,9-12H2,1-2H3,(H,20,22)/b8-7+.